The summed E-state index contributed by atoms with van der Waals surface area (Å²) in [5.74, 6) is 1.35. The van der Waals surface area contributed by atoms with Gasteiger partial charge >= 0.3 is 0 Å². The van der Waals surface area contributed by atoms with Gasteiger partial charge in [0.15, 0.2) is 0 Å². The lowest BCUT2D eigenvalue weighted by Crippen LogP contribution is -2.46. The van der Waals surface area contributed by atoms with Crippen LogP contribution < -0.4 is 10.1 Å². The lowest BCUT2D eigenvalue weighted by atomic mass is 9.87. The van der Waals surface area contributed by atoms with E-state index in [1.165, 1.54) is 5.56 Å². The molecule has 2 amide bonds. The van der Waals surface area contributed by atoms with Crippen LogP contribution in [-0.2, 0) is 15.0 Å². The minimum absolute atomic E-state index is 0.0530. The number of ether oxygens (including phenoxy) is 1. The maximum atomic E-state index is 12.1. The summed E-state index contributed by atoms with van der Waals surface area (Å²) < 4.78 is 5.74. The highest BCUT2D eigenvalue weighted by molar-refractivity contribution is 6.18. The van der Waals surface area contributed by atoms with E-state index in [4.69, 9.17) is 16.3 Å². The molecule has 1 aliphatic heterocycles. The number of likely N-dealkylation sites (tertiary alicyclic amines) is 1. The van der Waals surface area contributed by atoms with Crippen LogP contribution in [0.3, 0.4) is 0 Å². The zero-order chi connectivity index (χ0) is 20.6. The SMILES string of the molecule is CC(C)(C)c1ccc(OCCCC(=O)NC2CCN(C(=O)CCCl)CC2)cc1. The number of benzene rings is 1. The number of piperidine rings is 1. The fourth-order valence-electron chi connectivity index (χ4n) is 3.29. The van der Waals surface area contributed by atoms with Crippen LogP contribution in [-0.4, -0.2) is 48.3 Å². The van der Waals surface area contributed by atoms with Crippen LogP contribution in [0.25, 0.3) is 0 Å². The summed E-state index contributed by atoms with van der Waals surface area (Å²) in [6, 6.07) is 8.30. The molecular weight excluding hydrogens is 376 g/mol. The Morgan fingerprint density at radius 2 is 1.79 bits per heavy atom. The van der Waals surface area contributed by atoms with Crippen molar-refractivity contribution in [3.63, 3.8) is 0 Å². The van der Waals surface area contributed by atoms with Gasteiger partial charge in [0.2, 0.25) is 11.8 Å². The Balaban J connectivity index is 1.61. The highest BCUT2D eigenvalue weighted by Gasteiger charge is 2.23. The van der Waals surface area contributed by atoms with Crippen LogP contribution in [0, 0.1) is 0 Å². The fraction of sp³-hybridized carbons (Fsp3) is 0.636. The van der Waals surface area contributed by atoms with Crippen molar-refractivity contribution in [1.29, 1.82) is 0 Å². The molecule has 6 heteroatoms. The number of alkyl halides is 1. The van der Waals surface area contributed by atoms with E-state index in [1.54, 1.807) is 0 Å². The summed E-state index contributed by atoms with van der Waals surface area (Å²) >= 11 is 5.62. The van der Waals surface area contributed by atoms with Crippen molar-refractivity contribution >= 4 is 23.4 Å². The maximum Gasteiger partial charge on any atom is 0.223 e. The third-order valence-electron chi connectivity index (χ3n) is 5.06. The summed E-state index contributed by atoms with van der Waals surface area (Å²) in [5.41, 5.74) is 1.40. The first-order valence-corrected chi connectivity index (χ1v) is 10.7. The first-order valence-electron chi connectivity index (χ1n) is 10.2. The fourth-order valence-corrected chi connectivity index (χ4v) is 3.45. The van der Waals surface area contributed by atoms with Crippen molar-refractivity contribution in [2.45, 2.75) is 64.3 Å². The Labute approximate surface area is 173 Å². The Hall–Kier alpha value is -1.75. The molecule has 156 valence electrons. The van der Waals surface area contributed by atoms with Gasteiger partial charge in [-0.25, -0.2) is 0 Å². The minimum atomic E-state index is 0.0530. The van der Waals surface area contributed by atoms with Crippen LogP contribution >= 0.6 is 11.6 Å². The second kappa shape index (κ2) is 10.7. The van der Waals surface area contributed by atoms with E-state index >= 15 is 0 Å². The zero-order valence-corrected chi connectivity index (χ0v) is 18.1. The van der Waals surface area contributed by atoms with Crippen LogP contribution in [0.15, 0.2) is 24.3 Å². The number of carbonyl (C=O) groups excluding carboxylic acids is 2. The molecule has 0 spiro atoms. The number of rotatable bonds is 8. The molecule has 1 aliphatic rings. The molecule has 28 heavy (non-hydrogen) atoms. The van der Waals surface area contributed by atoms with Crippen molar-refractivity contribution in [1.82, 2.24) is 10.2 Å². The van der Waals surface area contributed by atoms with Crippen molar-refractivity contribution in [3.05, 3.63) is 29.8 Å². The molecule has 1 aromatic rings. The van der Waals surface area contributed by atoms with Gasteiger partial charge in [-0.15, -0.1) is 11.6 Å². The molecule has 0 aromatic heterocycles. The monoisotopic (exact) mass is 408 g/mol. The number of nitrogens with one attached hydrogen (secondary N) is 1. The van der Waals surface area contributed by atoms with Gasteiger partial charge in [-0.05, 0) is 42.4 Å². The van der Waals surface area contributed by atoms with Crippen molar-refractivity contribution in [2.24, 2.45) is 0 Å². The quantitative estimate of drug-likeness (QED) is 0.524. The maximum absolute atomic E-state index is 12.1. The molecule has 2 rings (SSSR count). The van der Waals surface area contributed by atoms with Gasteiger partial charge in [0.1, 0.15) is 5.75 Å². The standard InChI is InChI=1S/C22H33ClN2O3/c1-22(2,3)17-6-8-19(9-7-17)28-16-4-5-20(26)24-18-11-14-25(15-12-18)21(27)10-13-23/h6-9,18H,4-5,10-16H2,1-3H3,(H,24,26). The summed E-state index contributed by atoms with van der Waals surface area (Å²) in [6.07, 6.45) is 3.12. The van der Waals surface area contributed by atoms with E-state index in [0.717, 1.165) is 18.6 Å². The number of nitrogens with zero attached hydrogens (tertiary/aromatic N) is 1. The van der Waals surface area contributed by atoms with Gasteiger partial charge in [-0.2, -0.15) is 0 Å². The third kappa shape index (κ3) is 7.34. The van der Waals surface area contributed by atoms with E-state index in [9.17, 15) is 9.59 Å². The normalized spacial score (nSPS) is 15.4. The predicted octanol–water partition coefficient (Wildman–Crippen LogP) is 3.88. The van der Waals surface area contributed by atoms with E-state index < -0.39 is 0 Å². The van der Waals surface area contributed by atoms with Crippen LogP contribution in [0.5, 0.6) is 5.75 Å². The highest BCUT2D eigenvalue weighted by atomic mass is 35.5. The van der Waals surface area contributed by atoms with Gasteiger partial charge in [0.05, 0.1) is 6.61 Å². The summed E-state index contributed by atoms with van der Waals surface area (Å²) in [6.45, 7) is 8.45. The van der Waals surface area contributed by atoms with Gasteiger partial charge in [-0.3, -0.25) is 9.59 Å². The summed E-state index contributed by atoms with van der Waals surface area (Å²) in [4.78, 5) is 25.8. The van der Waals surface area contributed by atoms with E-state index in [2.05, 4.69) is 38.2 Å². The Bertz CT molecular complexity index is 632. The second-order valence-corrected chi connectivity index (χ2v) is 8.77. The molecule has 1 N–H and O–H groups in total. The highest BCUT2D eigenvalue weighted by Crippen LogP contribution is 2.24. The molecule has 1 aromatic carbocycles. The molecule has 1 saturated heterocycles. The average Bonchev–Trinajstić information content (AvgIpc) is 2.66. The molecular formula is C22H33ClN2O3. The second-order valence-electron chi connectivity index (χ2n) is 8.39. The van der Waals surface area contributed by atoms with Gasteiger partial charge in [0, 0.05) is 37.9 Å². The smallest absolute Gasteiger partial charge is 0.223 e. The number of hydrogen-bond donors (Lipinski definition) is 1. The molecule has 0 bridgehead atoms. The first-order chi connectivity index (χ1) is 13.3. The molecule has 0 atom stereocenters. The molecule has 0 saturated carbocycles. The Morgan fingerprint density at radius 1 is 1.14 bits per heavy atom. The molecule has 1 heterocycles. The van der Waals surface area contributed by atoms with Crippen molar-refractivity contribution in [3.8, 4) is 5.75 Å². The largest absolute Gasteiger partial charge is 0.494 e. The lowest BCUT2D eigenvalue weighted by molar-refractivity contribution is -0.132. The summed E-state index contributed by atoms with van der Waals surface area (Å²) in [5, 5.41) is 3.07. The lowest BCUT2D eigenvalue weighted by Gasteiger charge is -2.32. The number of halogens is 1. The molecule has 0 aliphatic carbocycles. The van der Waals surface area contributed by atoms with Crippen LogP contribution in [0.4, 0.5) is 0 Å². The molecule has 1 fully saturated rings. The number of hydrogen-bond acceptors (Lipinski definition) is 3. The van der Waals surface area contributed by atoms with Gasteiger partial charge in [0.25, 0.3) is 0 Å². The Kier molecular flexibility index (Phi) is 8.61. The third-order valence-corrected chi connectivity index (χ3v) is 5.25. The van der Waals surface area contributed by atoms with Crippen molar-refractivity contribution < 1.29 is 14.3 Å². The van der Waals surface area contributed by atoms with Crippen molar-refractivity contribution in [2.75, 3.05) is 25.6 Å². The first kappa shape index (κ1) is 22.5. The van der Waals surface area contributed by atoms with E-state index in [0.29, 0.717) is 44.8 Å². The zero-order valence-electron chi connectivity index (χ0n) is 17.3. The average molecular weight is 409 g/mol. The predicted molar refractivity (Wildman–Crippen MR) is 113 cm³/mol. The number of carbonyl (C=O) groups is 2. The number of amides is 2. The van der Waals surface area contributed by atoms with Crippen LogP contribution in [0.1, 0.15) is 58.4 Å². The molecule has 5 nitrogen and oxygen atoms in total. The summed E-state index contributed by atoms with van der Waals surface area (Å²) in [7, 11) is 0. The minimum Gasteiger partial charge on any atom is -0.494 e. The van der Waals surface area contributed by atoms with E-state index in [1.807, 2.05) is 17.0 Å². The van der Waals surface area contributed by atoms with Crippen LogP contribution in [0.2, 0.25) is 0 Å². The van der Waals surface area contributed by atoms with E-state index in [-0.39, 0.29) is 23.3 Å². The molecule has 0 radical (unpaired) electrons. The Morgan fingerprint density at radius 3 is 2.36 bits per heavy atom. The topological polar surface area (TPSA) is 58.6 Å². The van der Waals surface area contributed by atoms with Gasteiger partial charge < -0.3 is 15.0 Å². The van der Waals surface area contributed by atoms with Gasteiger partial charge in [-0.1, -0.05) is 32.9 Å². The molecule has 0 unspecified atom stereocenters.